The van der Waals surface area contributed by atoms with Gasteiger partial charge in [0.1, 0.15) is 0 Å². The Morgan fingerprint density at radius 3 is 0.851 bits per heavy atom. The summed E-state index contributed by atoms with van der Waals surface area (Å²) in [5, 5.41) is 0. The molecule has 13 aromatic rings. The van der Waals surface area contributed by atoms with E-state index in [2.05, 4.69) is 402 Å². The fraction of sp³-hybridized carbons (Fsp3) is 0.0444. The van der Waals surface area contributed by atoms with E-state index in [1.54, 1.807) is 0 Å². The minimum Gasteiger partial charge on any atom is -0.334 e. The van der Waals surface area contributed by atoms with Gasteiger partial charge >= 0.3 is 0 Å². The summed E-state index contributed by atoms with van der Waals surface area (Å²) in [6.45, 7) is 0. The summed E-state index contributed by atoms with van der Waals surface area (Å²) < 4.78 is 0. The molecule has 0 aromatic heterocycles. The van der Waals surface area contributed by atoms with Gasteiger partial charge in [-0.3, -0.25) is 0 Å². The predicted molar refractivity (Wildman–Crippen MR) is 398 cm³/mol. The number of benzene rings is 13. The van der Waals surface area contributed by atoms with Gasteiger partial charge in [0.2, 0.25) is 0 Å². The van der Waals surface area contributed by atoms with E-state index in [0.29, 0.717) is 0 Å². The Morgan fingerprint density at radius 1 is 0.223 bits per heavy atom. The van der Waals surface area contributed by atoms with Gasteiger partial charge in [0.15, 0.2) is 0 Å². The van der Waals surface area contributed by atoms with E-state index in [4.69, 9.17) is 0 Å². The third-order valence-electron chi connectivity index (χ3n) is 18.1. The lowest BCUT2D eigenvalue weighted by Crippen LogP contribution is -2.30. The molecule has 0 fully saturated rings. The van der Waals surface area contributed by atoms with Gasteiger partial charge in [0.05, 0.1) is 6.04 Å². The zero-order chi connectivity index (χ0) is 62.8. The molecule has 450 valence electrons. The topological polar surface area (TPSA) is 13.0 Å². The number of hydrogen-bond donors (Lipinski definition) is 0. The van der Waals surface area contributed by atoms with Crippen LogP contribution in [0.5, 0.6) is 0 Å². The van der Waals surface area contributed by atoms with Crippen molar-refractivity contribution in [1.29, 1.82) is 0 Å². The van der Waals surface area contributed by atoms with Crippen LogP contribution in [0.25, 0.3) is 55.7 Å². The number of rotatable bonds is 18. The summed E-state index contributed by atoms with van der Waals surface area (Å²) in [7, 11) is 0. The van der Waals surface area contributed by atoms with Crippen LogP contribution in [0.4, 0.5) is 56.9 Å². The Kier molecular flexibility index (Phi) is 16.9. The summed E-state index contributed by atoms with van der Waals surface area (Å²) in [5.41, 5.74) is 27.2. The first-order valence-electron chi connectivity index (χ1n) is 32.6. The van der Waals surface area contributed by atoms with E-state index in [-0.39, 0.29) is 6.04 Å². The molecule has 0 saturated heterocycles. The van der Waals surface area contributed by atoms with E-state index in [1.807, 2.05) is 0 Å². The largest absolute Gasteiger partial charge is 0.334 e. The van der Waals surface area contributed by atoms with Crippen molar-refractivity contribution in [3.8, 4) is 44.5 Å². The lowest BCUT2D eigenvalue weighted by atomic mass is 9.94. The molecule has 13 aromatic carbocycles. The molecule has 0 aliphatic heterocycles. The fourth-order valence-electron chi connectivity index (χ4n) is 13.3. The van der Waals surface area contributed by atoms with E-state index >= 15 is 0 Å². The molecule has 2 aliphatic rings. The molecule has 0 spiro atoms. The molecule has 0 radical (unpaired) electrons. The summed E-state index contributed by atoms with van der Waals surface area (Å²) in [5.74, 6) is 0. The molecular weight excluding hydrogens is 1140 g/mol. The second kappa shape index (κ2) is 27.2. The maximum absolute atomic E-state index is 2.47. The van der Waals surface area contributed by atoms with Crippen LogP contribution >= 0.6 is 0 Å². The molecule has 1 unspecified atom stereocenters. The number of allylic oxidation sites excluding steroid dienone is 6. The molecule has 15 rings (SSSR count). The first-order valence-corrected chi connectivity index (χ1v) is 32.6. The highest BCUT2D eigenvalue weighted by atomic mass is 15.2. The fourth-order valence-corrected chi connectivity index (χ4v) is 13.3. The molecule has 0 saturated carbocycles. The van der Waals surface area contributed by atoms with Crippen LogP contribution in [0.15, 0.2) is 388 Å². The van der Waals surface area contributed by atoms with Crippen molar-refractivity contribution in [3.05, 3.63) is 399 Å². The molecule has 0 N–H and O–H groups in total. The van der Waals surface area contributed by atoms with Crippen molar-refractivity contribution in [2.45, 2.75) is 25.3 Å². The van der Waals surface area contributed by atoms with Gasteiger partial charge < -0.3 is 19.6 Å². The lowest BCUT2D eigenvalue weighted by molar-refractivity contribution is 0.787. The summed E-state index contributed by atoms with van der Waals surface area (Å²) >= 11 is 0. The van der Waals surface area contributed by atoms with Gasteiger partial charge in [-0.05, 0) is 213 Å². The maximum atomic E-state index is 2.47. The van der Waals surface area contributed by atoms with Crippen LogP contribution in [0.2, 0.25) is 0 Å². The first kappa shape index (κ1) is 58.4. The Hall–Kier alpha value is -12.0. The molecule has 0 bridgehead atoms. The quantitative estimate of drug-likeness (QED) is 0.0849. The number of para-hydroxylation sites is 4. The van der Waals surface area contributed by atoms with Gasteiger partial charge in [-0.15, -0.1) is 0 Å². The Bertz CT molecular complexity index is 4760. The average molecular weight is 1210 g/mol. The van der Waals surface area contributed by atoms with Crippen LogP contribution < -0.4 is 19.6 Å². The highest BCUT2D eigenvalue weighted by Gasteiger charge is 2.23. The van der Waals surface area contributed by atoms with Crippen molar-refractivity contribution in [3.63, 3.8) is 0 Å². The summed E-state index contributed by atoms with van der Waals surface area (Å²) in [4.78, 5) is 9.54. The number of hydrogen-bond acceptors (Lipinski definition) is 4. The zero-order valence-corrected chi connectivity index (χ0v) is 52.4. The Balaban J connectivity index is 0.614. The van der Waals surface area contributed by atoms with Crippen LogP contribution in [0, 0.1) is 0 Å². The van der Waals surface area contributed by atoms with E-state index in [9.17, 15) is 0 Å². The zero-order valence-electron chi connectivity index (χ0n) is 52.4. The van der Waals surface area contributed by atoms with Gasteiger partial charge in [0.25, 0.3) is 0 Å². The molecule has 0 heterocycles. The molecule has 94 heavy (non-hydrogen) atoms. The van der Waals surface area contributed by atoms with Crippen molar-refractivity contribution in [2.24, 2.45) is 0 Å². The van der Waals surface area contributed by atoms with Gasteiger partial charge in [-0.25, -0.2) is 0 Å². The molecule has 2 aliphatic carbocycles. The van der Waals surface area contributed by atoms with Gasteiger partial charge in [-0.1, -0.05) is 255 Å². The highest BCUT2D eigenvalue weighted by Crippen LogP contribution is 2.42. The van der Waals surface area contributed by atoms with E-state index in [0.717, 1.165) is 70.4 Å². The number of anilines is 10. The standard InChI is InChI=1S/C90H70N4/c1-7-19-67(20-8-1)71-35-51-83(52-36-71)91(79-23-11-3-12-24-79)87-59-43-75(44-60-87)77-47-63-89(64-48-77)93(81-27-15-5-16-28-81)85-55-39-73(40-56-85)69-31-33-70(34-32-69)74-41-57-86(58-42-74)94(82-29-17-6-18-30-82)90-65-49-78(50-66-90)76-45-61-88(62-46-76)92(80-25-13-4-14-26-80)84-53-37-72(38-54-84)68-21-9-2-10-22-68/h1-49,51-55,57-65,85H,50,56,66H2. The molecule has 1 atom stereocenters. The average Bonchev–Trinajstić information content (AvgIpc) is 0.994. The van der Waals surface area contributed by atoms with Crippen molar-refractivity contribution < 1.29 is 0 Å². The SMILES string of the molecule is C1=CC(N(c2ccccc2)c2ccc(-c3ccc(N(c4ccccc4)c4ccc(-c5ccccc5)cc4)cc3)cc2)CC=C1c1ccc(-c2ccc(N(C3=CC=C(c4ccc(N(c5ccccc5)c5ccc(-c6ccccc6)cc5)cc4)CC3)c3ccccc3)cc2)cc1. The summed E-state index contributed by atoms with van der Waals surface area (Å²) in [6.07, 6.45) is 14.4. The third kappa shape index (κ3) is 12.7. The lowest BCUT2D eigenvalue weighted by Gasteiger charge is -2.33. The number of nitrogens with zero attached hydrogens (tertiary/aromatic N) is 4. The third-order valence-corrected chi connectivity index (χ3v) is 18.1. The van der Waals surface area contributed by atoms with Crippen molar-refractivity contribution in [2.75, 3.05) is 19.6 Å². The van der Waals surface area contributed by atoms with E-state index < -0.39 is 0 Å². The summed E-state index contributed by atoms with van der Waals surface area (Å²) in [6, 6.07) is 127. The van der Waals surface area contributed by atoms with Gasteiger partial charge in [-0.2, -0.15) is 0 Å². The highest BCUT2D eigenvalue weighted by molar-refractivity contribution is 5.84. The Morgan fingerprint density at radius 2 is 0.500 bits per heavy atom. The molecule has 4 nitrogen and oxygen atoms in total. The van der Waals surface area contributed by atoms with Gasteiger partial charge in [0, 0.05) is 62.6 Å². The van der Waals surface area contributed by atoms with Crippen LogP contribution in [0.1, 0.15) is 30.4 Å². The minimum absolute atomic E-state index is 0.142. The molecule has 0 amide bonds. The molecular formula is C90H70N4. The second-order valence-electron chi connectivity index (χ2n) is 24.0. The normalized spacial score (nSPS) is 13.4. The predicted octanol–water partition coefficient (Wildman–Crippen LogP) is 24.7. The van der Waals surface area contributed by atoms with Crippen LogP contribution in [-0.4, -0.2) is 6.04 Å². The maximum Gasteiger partial charge on any atom is 0.0560 e. The smallest absolute Gasteiger partial charge is 0.0560 e. The molecule has 4 heteroatoms. The van der Waals surface area contributed by atoms with Crippen LogP contribution in [0.3, 0.4) is 0 Å². The van der Waals surface area contributed by atoms with Crippen LogP contribution in [-0.2, 0) is 0 Å². The first-order chi connectivity index (χ1) is 46.6. The Labute approximate surface area is 553 Å². The van der Waals surface area contributed by atoms with Crippen molar-refractivity contribution in [1.82, 2.24) is 0 Å². The van der Waals surface area contributed by atoms with E-state index in [1.165, 1.54) is 78.2 Å². The minimum atomic E-state index is 0.142. The van der Waals surface area contributed by atoms with Crippen molar-refractivity contribution >= 4 is 68.0 Å². The monoisotopic (exact) mass is 1210 g/mol. The second-order valence-corrected chi connectivity index (χ2v) is 24.0.